The fourth-order valence-electron chi connectivity index (χ4n) is 6.23. The van der Waals surface area contributed by atoms with E-state index in [1.807, 2.05) is 84.7 Å². The van der Waals surface area contributed by atoms with Crippen LogP contribution < -0.4 is 39.8 Å². The summed E-state index contributed by atoms with van der Waals surface area (Å²) in [5.41, 5.74) is 10.9. The van der Waals surface area contributed by atoms with Crippen LogP contribution in [0.15, 0.2) is 73.8 Å². The number of ether oxygens (including phenoxy) is 6. The number of benzene rings is 2. The van der Waals surface area contributed by atoms with Crippen molar-refractivity contribution in [2.45, 2.75) is 25.9 Å². The number of hydrogen-bond donors (Lipinski definition) is 2. The van der Waals surface area contributed by atoms with Crippen molar-refractivity contribution in [2.24, 2.45) is 0 Å². The van der Waals surface area contributed by atoms with Crippen LogP contribution in [0.3, 0.4) is 0 Å². The topological polar surface area (TPSA) is 187 Å². The molecule has 8 rings (SSSR count). The maximum absolute atomic E-state index is 5.76. The molecule has 0 aliphatic carbocycles. The van der Waals surface area contributed by atoms with E-state index in [4.69, 9.17) is 45.8 Å². The summed E-state index contributed by atoms with van der Waals surface area (Å²) >= 11 is 5.73. The van der Waals surface area contributed by atoms with Gasteiger partial charge in [-0.1, -0.05) is 0 Å². The van der Waals surface area contributed by atoms with Crippen molar-refractivity contribution in [1.82, 2.24) is 39.0 Å². The zero-order valence-electron chi connectivity index (χ0n) is 34.3. The van der Waals surface area contributed by atoms with E-state index in [0.717, 1.165) is 40.0 Å². The highest BCUT2D eigenvalue weighted by Gasteiger charge is 2.28. The van der Waals surface area contributed by atoms with Crippen LogP contribution in [0, 0.1) is 13.8 Å². The van der Waals surface area contributed by atoms with Gasteiger partial charge in [-0.05, 0) is 49.7 Å². The number of halogens is 1. The maximum Gasteiger partial charge on any atom is 0.229 e. The first kappa shape index (κ1) is 42.2. The van der Waals surface area contributed by atoms with Crippen LogP contribution in [-0.2, 0) is 9.47 Å². The predicted octanol–water partition coefficient (Wildman–Crippen LogP) is 5.31. The van der Waals surface area contributed by atoms with Crippen LogP contribution >= 0.6 is 11.6 Å². The van der Waals surface area contributed by atoms with E-state index in [2.05, 4.69) is 40.1 Å². The lowest BCUT2D eigenvalue weighted by Gasteiger charge is -2.34. The number of nitrogens with one attached hydrogen (secondary N) is 1. The molecule has 18 nitrogen and oxygen atoms in total. The van der Waals surface area contributed by atoms with E-state index >= 15 is 0 Å². The van der Waals surface area contributed by atoms with Gasteiger partial charge in [-0.2, -0.15) is 9.97 Å². The number of anilines is 5. The number of imidazole rings is 2. The summed E-state index contributed by atoms with van der Waals surface area (Å²) in [5, 5.41) is 3.46. The van der Waals surface area contributed by atoms with Crippen LogP contribution in [0.5, 0.6) is 23.0 Å². The van der Waals surface area contributed by atoms with E-state index in [0.29, 0.717) is 61.1 Å². The molecule has 312 valence electrons. The van der Waals surface area contributed by atoms with Crippen molar-refractivity contribution in [1.29, 1.82) is 0 Å². The smallest absolute Gasteiger partial charge is 0.229 e. The number of rotatable bonds is 10. The van der Waals surface area contributed by atoms with Crippen molar-refractivity contribution in [3.05, 3.63) is 90.5 Å². The van der Waals surface area contributed by atoms with Crippen molar-refractivity contribution in [2.75, 3.05) is 89.8 Å². The maximum atomic E-state index is 5.76. The molecule has 2 aliphatic heterocycles. The van der Waals surface area contributed by atoms with Crippen LogP contribution in [-0.4, -0.2) is 120 Å². The fraction of sp³-hybridized carbons (Fsp3) is 0.350. The normalized spacial score (nSPS) is 15.3. The SMILES string of the molecule is COC[C@@H]1COc2cnc(Cl)nc2N1C.COC[C@@H]1COc2cnc(Nc3ccc(-n4cnc(C)c4)c(OC)c3)nc2N1C.COc1cc(N)ccc1-n1cnc(C)c1. The second kappa shape index (κ2) is 19.4. The largest absolute Gasteiger partial charge is 0.494 e. The molecule has 6 heterocycles. The Morgan fingerprint density at radius 2 is 1.25 bits per heavy atom. The Morgan fingerprint density at radius 3 is 1.78 bits per heavy atom. The molecule has 0 bridgehead atoms. The molecule has 2 aromatic carbocycles. The summed E-state index contributed by atoms with van der Waals surface area (Å²) in [6, 6.07) is 11.6. The lowest BCUT2D eigenvalue weighted by molar-refractivity contribution is 0.142. The van der Waals surface area contributed by atoms with Gasteiger partial charge >= 0.3 is 0 Å². The third-order valence-corrected chi connectivity index (χ3v) is 9.59. The number of likely N-dealkylation sites (N-methyl/N-ethyl adjacent to an activating group) is 2. The van der Waals surface area contributed by atoms with Crippen LogP contribution in [0.2, 0.25) is 5.28 Å². The summed E-state index contributed by atoms with van der Waals surface area (Å²) in [6.07, 6.45) is 10.7. The third-order valence-electron chi connectivity index (χ3n) is 9.41. The van der Waals surface area contributed by atoms with Crippen LogP contribution in [0.1, 0.15) is 11.4 Å². The minimum atomic E-state index is 0.105. The van der Waals surface area contributed by atoms with Crippen LogP contribution in [0.25, 0.3) is 11.4 Å². The van der Waals surface area contributed by atoms with Crippen molar-refractivity contribution >= 4 is 40.6 Å². The van der Waals surface area contributed by atoms with Crippen molar-refractivity contribution < 1.29 is 28.4 Å². The minimum absolute atomic E-state index is 0.105. The van der Waals surface area contributed by atoms with Gasteiger partial charge in [-0.25, -0.2) is 19.9 Å². The predicted molar refractivity (Wildman–Crippen MR) is 226 cm³/mol. The minimum Gasteiger partial charge on any atom is -0.494 e. The Bertz CT molecular complexity index is 2320. The highest BCUT2D eigenvalue weighted by atomic mass is 35.5. The second-order valence-corrected chi connectivity index (χ2v) is 13.9. The van der Waals surface area contributed by atoms with E-state index < -0.39 is 0 Å². The van der Waals surface area contributed by atoms with Crippen LogP contribution in [0.4, 0.5) is 29.0 Å². The molecule has 0 saturated carbocycles. The lowest BCUT2D eigenvalue weighted by Crippen LogP contribution is -2.44. The van der Waals surface area contributed by atoms with Crippen molar-refractivity contribution in [3.8, 4) is 34.4 Å². The molecule has 6 aromatic rings. The van der Waals surface area contributed by atoms with Gasteiger partial charge in [0.25, 0.3) is 0 Å². The zero-order chi connectivity index (χ0) is 42.1. The average molecular weight is 829 g/mol. The molecule has 0 saturated heterocycles. The first-order valence-corrected chi connectivity index (χ1v) is 18.9. The van der Waals surface area contributed by atoms with Gasteiger partial charge < -0.3 is 58.4 Å². The number of hydrogen-bond acceptors (Lipinski definition) is 16. The summed E-state index contributed by atoms with van der Waals surface area (Å²) < 4.78 is 36.3. The highest BCUT2D eigenvalue weighted by molar-refractivity contribution is 6.28. The van der Waals surface area contributed by atoms with Gasteiger partial charge in [0, 0.05) is 64.2 Å². The molecule has 2 atom stereocenters. The highest BCUT2D eigenvalue weighted by Crippen LogP contribution is 2.34. The average Bonchev–Trinajstić information content (AvgIpc) is 3.88. The summed E-state index contributed by atoms with van der Waals surface area (Å²) in [6.45, 7) is 6.17. The fourth-order valence-corrected chi connectivity index (χ4v) is 6.36. The summed E-state index contributed by atoms with van der Waals surface area (Å²) in [4.78, 5) is 29.5. The van der Waals surface area contributed by atoms with Crippen molar-refractivity contribution in [3.63, 3.8) is 0 Å². The number of nitrogens with zero attached hydrogens (tertiary/aromatic N) is 10. The second-order valence-electron chi connectivity index (χ2n) is 13.6. The third kappa shape index (κ3) is 10.2. The summed E-state index contributed by atoms with van der Waals surface area (Å²) in [5.74, 6) is 4.70. The lowest BCUT2D eigenvalue weighted by atomic mass is 10.2. The first-order chi connectivity index (χ1) is 28.5. The molecule has 3 N–H and O–H groups in total. The molecular weight excluding hydrogens is 780 g/mol. The molecule has 0 radical (unpaired) electrons. The Labute approximate surface area is 347 Å². The number of fused-ring (bicyclic) bond motifs is 2. The van der Waals surface area contributed by atoms with E-state index in [-0.39, 0.29) is 17.4 Å². The Balaban J connectivity index is 0.000000164. The molecule has 19 heteroatoms. The Hall–Kier alpha value is -6.37. The van der Waals surface area contributed by atoms with Gasteiger partial charge in [0.05, 0.1) is 87.3 Å². The first-order valence-electron chi connectivity index (χ1n) is 18.5. The molecule has 2 aliphatic rings. The number of nitrogens with two attached hydrogens (primary N) is 1. The monoisotopic (exact) mass is 828 g/mol. The Morgan fingerprint density at radius 1 is 0.729 bits per heavy atom. The number of methoxy groups -OCH3 is 4. The summed E-state index contributed by atoms with van der Waals surface area (Å²) in [7, 11) is 10.5. The zero-order valence-corrected chi connectivity index (χ0v) is 35.0. The molecule has 0 amide bonds. The quantitative estimate of drug-likeness (QED) is 0.133. The van der Waals surface area contributed by atoms with Gasteiger partial charge in [0.1, 0.15) is 24.7 Å². The standard InChI is InChI=1S/C20H24N6O3.C11H13N3O.C9H12ClN3O2/c1-13-9-26(12-22-13)16-6-5-14(7-17(16)28-4)23-20-21-8-18-19(24-20)25(2)15(10-27-3)11-29-18;1-8-6-14(7-13-8)10-4-3-9(12)5-11(10)15-2;1-13-6(4-14-2)5-15-7-3-11-9(10)12-8(7)13/h5-9,12,15H,10-11H2,1-4H3,(H,21,23,24);3-7H,12H2,1-2H3;3,6H,4-5H2,1-2H3/t15-;;6-/m1.1/s1. The van der Waals surface area contributed by atoms with Gasteiger partial charge in [0.2, 0.25) is 11.2 Å². The molecule has 4 aromatic heterocycles. The Kier molecular flexibility index (Phi) is 13.9. The number of aryl methyl sites for hydroxylation is 2. The number of nitrogen functional groups attached to an aromatic ring is 1. The van der Waals surface area contributed by atoms with E-state index in [1.54, 1.807) is 59.6 Å². The molecular formula is C40H49ClN12O6. The van der Waals surface area contributed by atoms with Gasteiger partial charge in [0.15, 0.2) is 23.1 Å². The molecule has 0 unspecified atom stereocenters. The van der Waals surface area contributed by atoms with Gasteiger partial charge in [-0.3, -0.25) is 0 Å². The van der Waals surface area contributed by atoms with Gasteiger partial charge in [-0.15, -0.1) is 0 Å². The molecule has 0 fully saturated rings. The van der Waals surface area contributed by atoms with E-state index in [9.17, 15) is 0 Å². The number of aromatic nitrogens is 8. The molecule has 0 spiro atoms. The molecule has 59 heavy (non-hydrogen) atoms. The van der Waals surface area contributed by atoms with E-state index in [1.165, 1.54) is 0 Å².